The van der Waals surface area contributed by atoms with E-state index in [4.69, 9.17) is 0 Å². The van der Waals surface area contributed by atoms with Crippen LogP contribution in [0.3, 0.4) is 0 Å². The van der Waals surface area contributed by atoms with E-state index in [2.05, 4.69) is 17.2 Å². The minimum absolute atomic E-state index is 0.0270. The summed E-state index contributed by atoms with van der Waals surface area (Å²) in [6.07, 6.45) is 3.22. The van der Waals surface area contributed by atoms with Crippen LogP contribution in [0.5, 0.6) is 0 Å². The lowest BCUT2D eigenvalue weighted by Gasteiger charge is -2.22. The molecule has 0 unspecified atom stereocenters. The van der Waals surface area contributed by atoms with Crippen LogP contribution in [-0.4, -0.2) is 22.0 Å². The van der Waals surface area contributed by atoms with Crippen molar-refractivity contribution in [1.82, 2.24) is 5.32 Å². The van der Waals surface area contributed by atoms with E-state index in [0.29, 0.717) is 11.8 Å². The van der Waals surface area contributed by atoms with Gasteiger partial charge in [-0.25, -0.2) is 10.1 Å². The predicted octanol–water partition coefficient (Wildman–Crippen LogP) is 1.31. The highest BCUT2D eigenvalue weighted by molar-refractivity contribution is 8.03. The van der Waals surface area contributed by atoms with E-state index in [-0.39, 0.29) is 22.9 Å². The lowest BCUT2D eigenvalue weighted by molar-refractivity contribution is -0.482. The summed E-state index contributed by atoms with van der Waals surface area (Å²) in [6, 6.07) is 6.23. The second-order valence-electron chi connectivity index (χ2n) is 6.63. The fourth-order valence-electron chi connectivity index (χ4n) is 3.64. The van der Waals surface area contributed by atoms with Crippen LogP contribution in [0, 0.1) is 22.0 Å². The van der Waals surface area contributed by atoms with Crippen LogP contribution in [0.4, 0.5) is 5.69 Å². The van der Waals surface area contributed by atoms with Gasteiger partial charge in [0.05, 0.1) is 10.5 Å². The first-order chi connectivity index (χ1) is 11.5. The monoisotopic (exact) mass is 344 g/mol. The van der Waals surface area contributed by atoms with Crippen molar-refractivity contribution in [2.75, 3.05) is 0 Å². The molecule has 4 rings (SSSR count). The number of thioether (sulfide) groups is 1. The average Bonchev–Trinajstić information content (AvgIpc) is 2.92. The van der Waals surface area contributed by atoms with Crippen molar-refractivity contribution in [2.45, 2.75) is 31.6 Å². The van der Waals surface area contributed by atoms with Gasteiger partial charge in [-0.3, -0.25) is 15.1 Å². The molecule has 0 fully saturated rings. The fraction of sp³-hybridized carbons (Fsp3) is 0.412. The highest BCUT2D eigenvalue weighted by Crippen LogP contribution is 2.48. The minimum Gasteiger partial charge on any atom is -0.260 e. The van der Waals surface area contributed by atoms with Gasteiger partial charge in [-0.15, -0.1) is 0 Å². The molecular weight excluding hydrogens is 326 g/mol. The van der Waals surface area contributed by atoms with Gasteiger partial charge >= 0.3 is 5.91 Å². The number of nitrogens with one attached hydrogen (secondary N) is 2. The number of nitro groups is 1. The standard InChI is InChI=1S/C17H17N3O3S/c1-9-2-7-12-13(8-9)24-17-14(12)16(21)18-15(19-17)10-3-5-11(6-4-10)20(22)23/h3-6,9,14,17H,2,7-8H2,1H3,(H,18,19,21)/p+1/t9-,14+,17-/m1/s1. The first kappa shape index (κ1) is 15.4. The van der Waals surface area contributed by atoms with Gasteiger partial charge in [0.2, 0.25) is 0 Å². The maximum atomic E-state index is 12.6. The van der Waals surface area contributed by atoms with Gasteiger partial charge in [0, 0.05) is 12.1 Å². The number of allylic oxidation sites excluding steroid dienone is 1. The van der Waals surface area contributed by atoms with Crippen LogP contribution in [0.1, 0.15) is 31.7 Å². The zero-order valence-corrected chi connectivity index (χ0v) is 14.1. The molecule has 3 aliphatic rings. The summed E-state index contributed by atoms with van der Waals surface area (Å²) in [6.45, 7) is 2.26. The van der Waals surface area contributed by atoms with E-state index in [1.807, 2.05) is 0 Å². The van der Waals surface area contributed by atoms with Crippen molar-refractivity contribution >= 4 is 29.2 Å². The zero-order chi connectivity index (χ0) is 16.8. The fourth-order valence-corrected chi connectivity index (χ4v) is 5.31. The molecule has 1 amide bonds. The highest BCUT2D eigenvalue weighted by atomic mass is 32.2. The Labute approximate surface area is 143 Å². The third-order valence-electron chi connectivity index (χ3n) is 4.93. The van der Waals surface area contributed by atoms with E-state index >= 15 is 0 Å². The number of amides is 1. The van der Waals surface area contributed by atoms with Gasteiger partial charge in [0.25, 0.3) is 11.5 Å². The van der Waals surface area contributed by atoms with Gasteiger partial charge in [-0.2, -0.15) is 0 Å². The van der Waals surface area contributed by atoms with E-state index in [1.165, 1.54) is 22.6 Å². The van der Waals surface area contributed by atoms with E-state index < -0.39 is 4.92 Å². The molecule has 2 aliphatic heterocycles. The predicted molar refractivity (Wildman–Crippen MR) is 91.2 cm³/mol. The number of non-ortho nitro benzene ring substituents is 1. The maximum Gasteiger partial charge on any atom is 0.319 e. The Morgan fingerprint density at radius 3 is 2.79 bits per heavy atom. The summed E-state index contributed by atoms with van der Waals surface area (Å²) in [4.78, 5) is 27.8. The normalized spacial score (nSPS) is 28.8. The second kappa shape index (κ2) is 5.73. The Morgan fingerprint density at radius 2 is 2.08 bits per heavy atom. The Balaban J connectivity index is 1.62. The number of fused-ring (bicyclic) bond motifs is 2. The molecule has 0 saturated heterocycles. The lowest BCUT2D eigenvalue weighted by atomic mass is 9.84. The first-order valence-corrected chi connectivity index (χ1v) is 8.98. The summed E-state index contributed by atoms with van der Waals surface area (Å²) in [5, 5.41) is 13.7. The van der Waals surface area contributed by atoms with Gasteiger partial charge in [-0.1, -0.05) is 18.7 Å². The van der Waals surface area contributed by atoms with Crippen LogP contribution in [-0.2, 0) is 4.79 Å². The number of amidine groups is 1. The minimum atomic E-state index is -0.427. The molecule has 1 aromatic rings. The molecule has 2 N–H and O–H groups in total. The Kier molecular flexibility index (Phi) is 3.68. The van der Waals surface area contributed by atoms with Gasteiger partial charge < -0.3 is 0 Å². The summed E-state index contributed by atoms with van der Waals surface area (Å²) in [7, 11) is 0. The zero-order valence-electron chi connectivity index (χ0n) is 13.2. The molecule has 6 nitrogen and oxygen atoms in total. The number of rotatable bonds is 2. The Hall–Kier alpha value is -2.15. The van der Waals surface area contributed by atoms with Crippen molar-refractivity contribution in [3.63, 3.8) is 0 Å². The van der Waals surface area contributed by atoms with Crippen LogP contribution >= 0.6 is 11.8 Å². The molecule has 1 aliphatic carbocycles. The molecular formula is C17H18N3O3S+. The third-order valence-corrected chi connectivity index (χ3v) is 6.29. The molecule has 7 heteroatoms. The van der Waals surface area contributed by atoms with Crippen LogP contribution in [0.2, 0.25) is 0 Å². The molecule has 124 valence electrons. The molecule has 0 radical (unpaired) electrons. The summed E-state index contributed by atoms with van der Waals surface area (Å²) < 4.78 is 0. The number of hydrogen-bond donors (Lipinski definition) is 2. The quantitative estimate of drug-likeness (QED) is 0.626. The molecule has 0 saturated carbocycles. The molecule has 1 aromatic carbocycles. The van der Waals surface area contributed by atoms with Crippen molar-refractivity contribution < 1.29 is 14.7 Å². The molecule has 2 heterocycles. The van der Waals surface area contributed by atoms with E-state index in [1.54, 1.807) is 23.9 Å². The number of benzene rings is 1. The SMILES string of the molecule is C[C@@H]1CCC2=C(C1)S[C@H]1[NH+]=C(c3ccc([N+](=O)[O-])cc3)NC(=O)[C@H]21. The number of nitrogens with zero attached hydrogens (tertiary/aromatic N) is 1. The van der Waals surface area contributed by atoms with Crippen LogP contribution in [0.15, 0.2) is 34.7 Å². The van der Waals surface area contributed by atoms with Gasteiger partial charge in [-0.05, 0) is 47.8 Å². The van der Waals surface area contributed by atoms with Crippen molar-refractivity contribution in [1.29, 1.82) is 0 Å². The number of hydrogen-bond acceptors (Lipinski definition) is 4. The molecule has 0 spiro atoms. The van der Waals surface area contributed by atoms with Gasteiger partial charge in [0.15, 0.2) is 5.37 Å². The Bertz CT molecular complexity index is 785. The smallest absolute Gasteiger partial charge is 0.260 e. The highest BCUT2D eigenvalue weighted by Gasteiger charge is 2.48. The van der Waals surface area contributed by atoms with E-state index in [9.17, 15) is 14.9 Å². The van der Waals surface area contributed by atoms with Gasteiger partial charge in [0.1, 0.15) is 5.92 Å². The maximum absolute atomic E-state index is 12.6. The average molecular weight is 344 g/mol. The topological polar surface area (TPSA) is 86.2 Å². The van der Waals surface area contributed by atoms with Crippen molar-refractivity contribution in [2.24, 2.45) is 11.8 Å². The summed E-state index contributed by atoms with van der Waals surface area (Å²) >= 11 is 1.77. The second-order valence-corrected chi connectivity index (χ2v) is 7.86. The third kappa shape index (κ3) is 2.53. The molecule has 0 bridgehead atoms. The largest absolute Gasteiger partial charge is 0.319 e. The summed E-state index contributed by atoms with van der Waals surface area (Å²) in [5.41, 5.74) is 2.10. The first-order valence-electron chi connectivity index (χ1n) is 8.10. The Morgan fingerprint density at radius 1 is 1.33 bits per heavy atom. The number of carbonyl (C=O) groups excluding carboxylic acids is 1. The van der Waals surface area contributed by atoms with E-state index in [0.717, 1.165) is 24.8 Å². The van der Waals surface area contributed by atoms with Crippen molar-refractivity contribution in [3.05, 3.63) is 50.4 Å². The van der Waals surface area contributed by atoms with Crippen LogP contribution < -0.4 is 10.3 Å². The van der Waals surface area contributed by atoms with Crippen LogP contribution in [0.25, 0.3) is 0 Å². The number of carbonyl (C=O) groups is 1. The van der Waals surface area contributed by atoms with Crippen molar-refractivity contribution in [3.8, 4) is 0 Å². The number of nitro benzene ring substituents is 1. The molecule has 0 aromatic heterocycles. The lowest BCUT2D eigenvalue weighted by Crippen LogP contribution is -2.86. The molecule has 3 atom stereocenters. The molecule has 24 heavy (non-hydrogen) atoms. The summed E-state index contributed by atoms with van der Waals surface area (Å²) in [5.74, 6) is 1.24.